The van der Waals surface area contributed by atoms with Crippen LogP contribution in [0.4, 0.5) is 0 Å². The zero-order chi connectivity index (χ0) is 12.1. The highest BCUT2D eigenvalue weighted by Crippen LogP contribution is 2.21. The fourth-order valence-electron chi connectivity index (χ4n) is 1.11. The van der Waals surface area contributed by atoms with E-state index in [0.717, 1.165) is 4.47 Å². The molecule has 2 N–H and O–H groups in total. The van der Waals surface area contributed by atoms with Crippen molar-refractivity contribution in [3.63, 3.8) is 0 Å². The number of amides is 1. The molecule has 0 bridgehead atoms. The largest absolute Gasteiger partial charge is 0.507 e. The summed E-state index contributed by atoms with van der Waals surface area (Å²) >= 11 is 3.21. The predicted molar refractivity (Wildman–Crippen MR) is 64.6 cm³/mol. The molecular weight excluding hydrogens is 274 g/mol. The number of aromatic hydroxyl groups is 1. The van der Waals surface area contributed by atoms with Crippen LogP contribution in [-0.2, 0) is 4.74 Å². The lowest BCUT2D eigenvalue weighted by Crippen LogP contribution is -2.31. The number of ether oxygens (including phenoxy) is 1. The van der Waals surface area contributed by atoms with Crippen LogP contribution < -0.4 is 5.32 Å². The quantitative estimate of drug-likeness (QED) is 0.890. The fourth-order valence-corrected chi connectivity index (χ4v) is 1.46. The second-order valence-corrected chi connectivity index (χ2v) is 4.33. The number of rotatable bonds is 4. The molecule has 0 saturated heterocycles. The monoisotopic (exact) mass is 287 g/mol. The van der Waals surface area contributed by atoms with E-state index in [9.17, 15) is 9.90 Å². The van der Waals surface area contributed by atoms with E-state index in [1.165, 1.54) is 6.07 Å². The molecule has 1 atom stereocenters. The van der Waals surface area contributed by atoms with E-state index in [0.29, 0.717) is 6.54 Å². The van der Waals surface area contributed by atoms with Crippen molar-refractivity contribution in [2.24, 2.45) is 0 Å². The number of methoxy groups -OCH3 is 1. The van der Waals surface area contributed by atoms with E-state index < -0.39 is 0 Å². The van der Waals surface area contributed by atoms with Gasteiger partial charge in [-0.15, -0.1) is 0 Å². The van der Waals surface area contributed by atoms with E-state index in [1.807, 2.05) is 6.92 Å². The summed E-state index contributed by atoms with van der Waals surface area (Å²) in [5.41, 5.74) is 0.256. The number of carbonyl (C=O) groups is 1. The topological polar surface area (TPSA) is 58.6 Å². The minimum Gasteiger partial charge on any atom is -0.507 e. The van der Waals surface area contributed by atoms with E-state index in [-0.39, 0.29) is 23.3 Å². The molecule has 16 heavy (non-hydrogen) atoms. The normalized spacial score (nSPS) is 12.2. The molecule has 0 aliphatic heterocycles. The maximum absolute atomic E-state index is 11.7. The van der Waals surface area contributed by atoms with Crippen molar-refractivity contribution in [1.29, 1.82) is 0 Å². The molecule has 0 saturated carbocycles. The first-order valence-corrected chi connectivity index (χ1v) is 5.63. The van der Waals surface area contributed by atoms with Gasteiger partial charge in [-0.05, 0) is 25.1 Å². The van der Waals surface area contributed by atoms with Gasteiger partial charge >= 0.3 is 0 Å². The first-order valence-electron chi connectivity index (χ1n) is 4.84. The first kappa shape index (κ1) is 13.0. The highest BCUT2D eigenvalue weighted by molar-refractivity contribution is 9.10. The summed E-state index contributed by atoms with van der Waals surface area (Å²) in [6, 6.07) is 4.75. The van der Waals surface area contributed by atoms with E-state index in [4.69, 9.17) is 4.74 Å². The number of halogens is 1. The number of hydrogen-bond acceptors (Lipinski definition) is 3. The van der Waals surface area contributed by atoms with Gasteiger partial charge < -0.3 is 15.2 Å². The molecule has 5 heteroatoms. The molecule has 1 unspecified atom stereocenters. The Morgan fingerprint density at radius 3 is 2.88 bits per heavy atom. The predicted octanol–water partition coefficient (Wildman–Crippen LogP) is 1.92. The van der Waals surface area contributed by atoms with Crippen molar-refractivity contribution in [2.45, 2.75) is 13.0 Å². The summed E-state index contributed by atoms with van der Waals surface area (Å²) < 4.78 is 5.73. The fraction of sp³-hybridized carbons (Fsp3) is 0.364. The van der Waals surface area contributed by atoms with Crippen molar-refractivity contribution in [1.82, 2.24) is 5.32 Å². The van der Waals surface area contributed by atoms with Gasteiger partial charge in [-0.2, -0.15) is 0 Å². The molecule has 1 aromatic rings. The Labute approximate surface area is 103 Å². The van der Waals surface area contributed by atoms with Gasteiger partial charge in [-0.25, -0.2) is 0 Å². The van der Waals surface area contributed by atoms with Crippen molar-refractivity contribution in [3.8, 4) is 5.75 Å². The summed E-state index contributed by atoms with van der Waals surface area (Å²) in [5.74, 6) is -0.356. The van der Waals surface area contributed by atoms with Crippen molar-refractivity contribution < 1.29 is 14.6 Å². The number of hydrogen-bond donors (Lipinski definition) is 2. The van der Waals surface area contributed by atoms with Crippen LogP contribution in [0.3, 0.4) is 0 Å². The van der Waals surface area contributed by atoms with Crippen molar-refractivity contribution in [2.75, 3.05) is 13.7 Å². The lowest BCUT2D eigenvalue weighted by atomic mass is 10.2. The number of carbonyl (C=O) groups excluding carboxylic acids is 1. The van der Waals surface area contributed by atoms with Crippen LogP contribution in [0, 0.1) is 0 Å². The van der Waals surface area contributed by atoms with Crippen LogP contribution in [0.1, 0.15) is 17.3 Å². The molecule has 1 rings (SSSR count). The highest BCUT2D eigenvalue weighted by atomic mass is 79.9. The van der Waals surface area contributed by atoms with E-state index in [2.05, 4.69) is 21.2 Å². The van der Waals surface area contributed by atoms with E-state index in [1.54, 1.807) is 19.2 Å². The van der Waals surface area contributed by atoms with Crippen LogP contribution in [0.25, 0.3) is 0 Å². The molecule has 0 fully saturated rings. The summed E-state index contributed by atoms with van der Waals surface area (Å²) in [6.45, 7) is 2.26. The second kappa shape index (κ2) is 5.86. The molecule has 1 aromatic carbocycles. The Balaban J connectivity index is 2.66. The molecule has 0 spiro atoms. The van der Waals surface area contributed by atoms with Crippen molar-refractivity contribution in [3.05, 3.63) is 28.2 Å². The molecule has 0 aliphatic carbocycles. The van der Waals surface area contributed by atoms with Gasteiger partial charge in [0.1, 0.15) is 5.75 Å². The van der Waals surface area contributed by atoms with Gasteiger partial charge in [0.15, 0.2) is 0 Å². The summed E-state index contributed by atoms with van der Waals surface area (Å²) in [6.07, 6.45) is -0.0541. The van der Waals surface area contributed by atoms with Gasteiger partial charge in [-0.1, -0.05) is 15.9 Å². The standard InChI is InChI=1S/C11H14BrNO3/c1-7(16-2)6-13-11(15)9-4-3-8(12)5-10(9)14/h3-5,7,14H,6H2,1-2H3,(H,13,15). The first-order chi connectivity index (χ1) is 7.54. The summed E-state index contributed by atoms with van der Waals surface area (Å²) in [5, 5.41) is 12.2. The molecular formula is C11H14BrNO3. The number of phenols is 1. The molecule has 0 radical (unpaired) electrons. The number of nitrogens with one attached hydrogen (secondary N) is 1. The smallest absolute Gasteiger partial charge is 0.255 e. The average molecular weight is 288 g/mol. The molecule has 0 aromatic heterocycles. The van der Waals surface area contributed by atoms with Crippen molar-refractivity contribution >= 4 is 21.8 Å². The Kier molecular flexibility index (Phi) is 4.76. The SMILES string of the molecule is COC(C)CNC(=O)c1ccc(Br)cc1O. The van der Waals surface area contributed by atoms with Gasteiger partial charge in [0.25, 0.3) is 5.91 Å². The third-order valence-corrected chi connectivity index (χ3v) is 2.65. The Hall–Kier alpha value is -1.07. The van der Waals surface area contributed by atoms with E-state index >= 15 is 0 Å². The molecule has 4 nitrogen and oxygen atoms in total. The lowest BCUT2D eigenvalue weighted by Gasteiger charge is -2.11. The van der Waals surface area contributed by atoms with Crippen LogP contribution in [0.2, 0.25) is 0 Å². The third-order valence-electron chi connectivity index (χ3n) is 2.16. The summed E-state index contributed by atoms with van der Waals surface area (Å²) in [4.78, 5) is 11.7. The Morgan fingerprint density at radius 2 is 2.31 bits per heavy atom. The zero-order valence-corrected chi connectivity index (χ0v) is 10.7. The van der Waals surface area contributed by atoms with Crippen LogP contribution in [0.15, 0.2) is 22.7 Å². The minimum atomic E-state index is -0.311. The van der Waals surface area contributed by atoms with Crippen LogP contribution >= 0.6 is 15.9 Å². The molecule has 0 heterocycles. The maximum Gasteiger partial charge on any atom is 0.255 e. The third kappa shape index (κ3) is 3.50. The minimum absolute atomic E-state index is 0.0445. The van der Waals surface area contributed by atoms with Gasteiger partial charge in [0.05, 0.1) is 11.7 Å². The maximum atomic E-state index is 11.7. The lowest BCUT2D eigenvalue weighted by molar-refractivity contribution is 0.0868. The van der Waals surface area contributed by atoms with Gasteiger partial charge in [0.2, 0.25) is 0 Å². The Morgan fingerprint density at radius 1 is 1.62 bits per heavy atom. The number of benzene rings is 1. The molecule has 0 aliphatic rings. The second-order valence-electron chi connectivity index (χ2n) is 3.42. The average Bonchev–Trinajstić information content (AvgIpc) is 2.25. The Bertz CT molecular complexity index is 381. The zero-order valence-electron chi connectivity index (χ0n) is 9.16. The number of phenolic OH excluding ortho intramolecular Hbond substituents is 1. The van der Waals surface area contributed by atoms with Gasteiger partial charge in [0, 0.05) is 18.1 Å². The van der Waals surface area contributed by atoms with Crippen LogP contribution in [-0.4, -0.2) is 30.8 Å². The van der Waals surface area contributed by atoms with Gasteiger partial charge in [-0.3, -0.25) is 4.79 Å². The summed E-state index contributed by atoms with van der Waals surface area (Å²) in [7, 11) is 1.58. The highest BCUT2D eigenvalue weighted by Gasteiger charge is 2.11. The molecule has 88 valence electrons. The van der Waals surface area contributed by atoms with Crippen LogP contribution in [0.5, 0.6) is 5.75 Å². The molecule has 1 amide bonds.